The van der Waals surface area contributed by atoms with Gasteiger partial charge in [0, 0.05) is 33.9 Å². The van der Waals surface area contributed by atoms with Crippen molar-refractivity contribution in [1.82, 2.24) is 0 Å². The molecule has 4 aromatic rings. The zero-order chi connectivity index (χ0) is 34.7. The first-order chi connectivity index (χ1) is 23.6. The summed E-state index contributed by atoms with van der Waals surface area (Å²) in [4.78, 5) is 4.59. The molecule has 0 aromatic heterocycles. The molecular formula is C45H44N2O2. The van der Waals surface area contributed by atoms with Gasteiger partial charge < -0.3 is 19.3 Å². The van der Waals surface area contributed by atoms with E-state index in [-0.39, 0.29) is 11.5 Å². The van der Waals surface area contributed by atoms with Gasteiger partial charge in [-0.1, -0.05) is 87.7 Å². The van der Waals surface area contributed by atoms with E-state index in [1.807, 2.05) is 18.2 Å². The van der Waals surface area contributed by atoms with Crippen molar-refractivity contribution in [2.45, 2.75) is 45.6 Å². The SMILES string of the molecule is C=COC1=CCC(N(C(=C)C=C2C(=C)c3ccc(N(c4ccc(C)cc4)c4ccc(OC=C)cc4)cc3C2(C)C)c2ccc(C)cc2)C=C1. The molecule has 1 atom stereocenters. The predicted molar refractivity (Wildman–Crippen MR) is 207 cm³/mol. The Balaban J connectivity index is 1.38. The first kappa shape index (κ1) is 33.2. The number of nitrogens with zero attached hydrogens (tertiary/aromatic N) is 2. The highest BCUT2D eigenvalue weighted by Gasteiger charge is 2.38. The van der Waals surface area contributed by atoms with Crippen LogP contribution in [0.4, 0.5) is 22.7 Å². The van der Waals surface area contributed by atoms with Gasteiger partial charge >= 0.3 is 0 Å². The zero-order valence-corrected chi connectivity index (χ0v) is 28.9. The van der Waals surface area contributed by atoms with Crippen molar-refractivity contribution in [3.8, 4) is 5.75 Å². The molecule has 2 aliphatic carbocycles. The zero-order valence-electron chi connectivity index (χ0n) is 28.9. The molecule has 0 aliphatic heterocycles. The molecule has 6 rings (SSSR count). The molecule has 0 bridgehead atoms. The molecule has 0 N–H and O–H groups in total. The van der Waals surface area contributed by atoms with Crippen molar-refractivity contribution in [1.29, 1.82) is 0 Å². The van der Waals surface area contributed by atoms with Gasteiger partial charge in [0.15, 0.2) is 0 Å². The van der Waals surface area contributed by atoms with Crippen molar-refractivity contribution in [2.75, 3.05) is 9.80 Å². The molecule has 0 radical (unpaired) electrons. The number of fused-ring (bicyclic) bond motifs is 1. The van der Waals surface area contributed by atoms with Gasteiger partial charge in [0.25, 0.3) is 0 Å². The number of hydrogen-bond donors (Lipinski definition) is 0. The van der Waals surface area contributed by atoms with Gasteiger partial charge in [0.05, 0.1) is 18.6 Å². The Morgan fingerprint density at radius 3 is 1.92 bits per heavy atom. The van der Waals surface area contributed by atoms with E-state index >= 15 is 0 Å². The van der Waals surface area contributed by atoms with Crippen LogP contribution in [0.1, 0.15) is 42.5 Å². The number of ether oxygens (including phenoxy) is 2. The van der Waals surface area contributed by atoms with Crippen LogP contribution in [-0.2, 0) is 10.2 Å². The summed E-state index contributed by atoms with van der Waals surface area (Å²) >= 11 is 0. The Bertz CT molecular complexity index is 1990. The lowest BCUT2D eigenvalue weighted by Gasteiger charge is -2.34. The molecular weight excluding hydrogens is 601 g/mol. The highest BCUT2D eigenvalue weighted by Crippen LogP contribution is 2.51. The summed E-state index contributed by atoms with van der Waals surface area (Å²) in [7, 11) is 0. The van der Waals surface area contributed by atoms with E-state index in [1.165, 1.54) is 29.2 Å². The van der Waals surface area contributed by atoms with Crippen LogP contribution in [0, 0.1) is 13.8 Å². The van der Waals surface area contributed by atoms with E-state index in [9.17, 15) is 0 Å². The van der Waals surface area contributed by atoms with Crippen molar-refractivity contribution in [3.05, 3.63) is 193 Å². The molecule has 2 aliphatic rings. The lowest BCUT2D eigenvalue weighted by atomic mass is 9.81. The summed E-state index contributed by atoms with van der Waals surface area (Å²) in [5.74, 6) is 1.55. The molecule has 4 nitrogen and oxygen atoms in total. The summed E-state index contributed by atoms with van der Waals surface area (Å²) in [5.41, 5.74) is 11.8. The molecule has 4 aromatic carbocycles. The Morgan fingerprint density at radius 2 is 1.35 bits per heavy atom. The maximum absolute atomic E-state index is 5.54. The molecule has 0 amide bonds. The number of benzene rings is 4. The minimum atomic E-state index is -0.321. The third-order valence-electron chi connectivity index (χ3n) is 9.39. The van der Waals surface area contributed by atoms with Crippen LogP contribution in [0.2, 0.25) is 0 Å². The highest BCUT2D eigenvalue weighted by molar-refractivity contribution is 5.91. The maximum Gasteiger partial charge on any atom is 0.126 e. The van der Waals surface area contributed by atoms with E-state index in [4.69, 9.17) is 9.47 Å². The van der Waals surface area contributed by atoms with Crippen LogP contribution in [0.25, 0.3) is 5.57 Å². The summed E-state index contributed by atoms with van der Waals surface area (Å²) in [6.07, 6.45) is 12.2. The lowest BCUT2D eigenvalue weighted by Crippen LogP contribution is -2.33. The van der Waals surface area contributed by atoms with Gasteiger partial charge in [0.2, 0.25) is 0 Å². The molecule has 0 heterocycles. The number of rotatable bonds is 11. The van der Waals surface area contributed by atoms with Crippen LogP contribution in [-0.4, -0.2) is 6.04 Å². The van der Waals surface area contributed by atoms with Gasteiger partial charge in [-0.2, -0.15) is 0 Å². The number of hydrogen-bond acceptors (Lipinski definition) is 4. The first-order valence-corrected chi connectivity index (χ1v) is 16.6. The summed E-state index contributed by atoms with van der Waals surface area (Å²) < 4.78 is 11.1. The summed E-state index contributed by atoms with van der Waals surface area (Å²) in [6, 6.07) is 32.1. The van der Waals surface area contributed by atoms with E-state index in [1.54, 1.807) is 0 Å². The van der Waals surface area contributed by atoms with Crippen LogP contribution in [0.3, 0.4) is 0 Å². The largest absolute Gasteiger partial charge is 0.466 e. The lowest BCUT2D eigenvalue weighted by molar-refractivity contribution is 0.364. The highest BCUT2D eigenvalue weighted by atomic mass is 16.5. The number of allylic oxidation sites excluding steroid dienone is 4. The second-order valence-corrected chi connectivity index (χ2v) is 13.1. The van der Waals surface area contributed by atoms with Gasteiger partial charge in [-0.25, -0.2) is 0 Å². The maximum atomic E-state index is 5.54. The fourth-order valence-corrected chi connectivity index (χ4v) is 6.77. The fraction of sp³-hybridized carbons (Fsp3) is 0.156. The Labute approximate surface area is 291 Å². The molecule has 0 spiro atoms. The van der Waals surface area contributed by atoms with E-state index in [0.29, 0.717) is 0 Å². The normalized spacial score (nSPS) is 16.8. The standard InChI is InChI=1S/C45H44N2O2/c1-9-48-40-24-19-36(20-25-40)46(35-15-11-31(3)12-16-35)33(5)29-43-34(6)42-28-23-39(30-44(42)45(43,7)8)47(37-17-13-32(4)14-18-37)38-21-26-41(27-22-38)49-10-2/h9-19,21-30,36H,1-2,5-6,20H2,3-4,7-8H3. The molecule has 4 heteroatoms. The third kappa shape index (κ3) is 6.68. The average molecular weight is 645 g/mol. The second-order valence-electron chi connectivity index (χ2n) is 13.1. The van der Waals surface area contributed by atoms with Crippen molar-refractivity contribution >= 4 is 28.3 Å². The van der Waals surface area contributed by atoms with Crippen LogP contribution < -0.4 is 14.5 Å². The second kappa shape index (κ2) is 13.8. The van der Waals surface area contributed by atoms with Gasteiger partial charge in [-0.15, -0.1) is 0 Å². The topological polar surface area (TPSA) is 24.9 Å². The van der Waals surface area contributed by atoms with Gasteiger partial charge in [-0.05, 0) is 121 Å². The third-order valence-corrected chi connectivity index (χ3v) is 9.39. The van der Waals surface area contributed by atoms with Crippen LogP contribution in [0.5, 0.6) is 5.75 Å². The molecule has 246 valence electrons. The molecule has 0 saturated carbocycles. The minimum Gasteiger partial charge on any atom is -0.466 e. The quantitative estimate of drug-likeness (QED) is 0.152. The van der Waals surface area contributed by atoms with Crippen LogP contribution >= 0.6 is 0 Å². The van der Waals surface area contributed by atoms with Crippen molar-refractivity contribution < 1.29 is 9.47 Å². The smallest absolute Gasteiger partial charge is 0.126 e. The van der Waals surface area contributed by atoms with E-state index in [0.717, 1.165) is 63.1 Å². The van der Waals surface area contributed by atoms with E-state index in [2.05, 4.69) is 161 Å². The summed E-state index contributed by atoms with van der Waals surface area (Å²) in [6.45, 7) is 25.4. The van der Waals surface area contributed by atoms with Gasteiger partial charge in [-0.3, -0.25) is 0 Å². The van der Waals surface area contributed by atoms with Crippen LogP contribution in [0.15, 0.2) is 171 Å². The molecule has 49 heavy (non-hydrogen) atoms. The van der Waals surface area contributed by atoms with Crippen molar-refractivity contribution in [3.63, 3.8) is 0 Å². The van der Waals surface area contributed by atoms with Crippen molar-refractivity contribution in [2.24, 2.45) is 0 Å². The molecule has 0 saturated heterocycles. The Morgan fingerprint density at radius 1 is 0.776 bits per heavy atom. The average Bonchev–Trinajstić information content (AvgIpc) is 3.28. The predicted octanol–water partition coefficient (Wildman–Crippen LogP) is 11.9. The first-order valence-electron chi connectivity index (χ1n) is 16.6. The molecule has 1 unspecified atom stereocenters. The minimum absolute atomic E-state index is 0.0716. The fourth-order valence-electron chi connectivity index (χ4n) is 6.77. The Hall–Kier alpha value is -5.74. The number of aryl methyl sites for hydroxylation is 2. The Kier molecular flexibility index (Phi) is 9.33. The summed E-state index contributed by atoms with van der Waals surface area (Å²) in [5, 5.41) is 0. The van der Waals surface area contributed by atoms with Gasteiger partial charge in [0.1, 0.15) is 11.5 Å². The molecule has 0 fully saturated rings. The monoisotopic (exact) mass is 644 g/mol. The van der Waals surface area contributed by atoms with E-state index < -0.39 is 0 Å². The number of anilines is 4.